The van der Waals surface area contributed by atoms with Gasteiger partial charge in [-0.3, -0.25) is 4.90 Å². The molecule has 0 spiro atoms. The summed E-state index contributed by atoms with van der Waals surface area (Å²) in [5, 5.41) is 0. The van der Waals surface area contributed by atoms with Gasteiger partial charge in [0.25, 0.3) is 0 Å². The van der Waals surface area contributed by atoms with E-state index in [1.807, 2.05) is 30.7 Å². The Kier molecular flexibility index (Phi) is 3.28. The van der Waals surface area contributed by atoms with Gasteiger partial charge >= 0.3 is 0 Å². The Balaban J connectivity index is 1.55. The molecule has 0 unspecified atom stereocenters. The second-order valence-electron chi connectivity index (χ2n) is 4.58. The summed E-state index contributed by atoms with van der Waals surface area (Å²) >= 11 is 0. The number of piperazine rings is 1. The van der Waals surface area contributed by atoms with Gasteiger partial charge in [0.15, 0.2) is 0 Å². The zero-order valence-corrected chi connectivity index (χ0v) is 10.3. The van der Waals surface area contributed by atoms with Gasteiger partial charge in [0.2, 0.25) is 0 Å². The first-order valence-electron chi connectivity index (χ1n) is 6.31. The average molecular weight is 243 g/mol. The molecule has 0 amide bonds. The van der Waals surface area contributed by atoms with Gasteiger partial charge in [-0.1, -0.05) is 6.07 Å². The van der Waals surface area contributed by atoms with Crippen LogP contribution in [0.15, 0.2) is 47.4 Å². The van der Waals surface area contributed by atoms with Gasteiger partial charge < -0.3 is 9.32 Å². The number of rotatable bonds is 3. The van der Waals surface area contributed by atoms with Crippen molar-refractivity contribution in [2.75, 3.05) is 31.1 Å². The van der Waals surface area contributed by atoms with E-state index in [1.165, 1.54) is 5.56 Å². The first-order chi connectivity index (χ1) is 8.92. The SMILES string of the molecule is c1ccc(N2CCN(Cc3ccoc3)CC2)nc1. The number of anilines is 1. The molecule has 0 saturated carbocycles. The summed E-state index contributed by atoms with van der Waals surface area (Å²) in [5.74, 6) is 1.08. The van der Waals surface area contributed by atoms with Crippen molar-refractivity contribution in [1.82, 2.24) is 9.88 Å². The quantitative estimate of drug-likeness (QED) is 0.825. The normalized spacial score (nSPS) is 17.0. The first-order valence-corrected chi connectivity index (χ1v) is 6.31. The maximum atomic E-state index is 5.10. The zero-order valence-electron chi connectivity index (χ0n) is 10.3. The van der Waals surface area contributed by atoms with E-state index >= 15 is 0 Å². The van der Waals surface area contributed by atoms with Crippen molar-refractivity contribution in [3.63, 3.8) is 0 Å². The highest BCUT2D eigenvalue weighted by Gasteiger charge is 2.17. The molecule has 0 radical (unpaired) electrons. The second kappa shape index (κ2) is 5.23. The zero-order chi connectivity index (χ0) is 12.2. The molecule has 94 valence electrons. The van der Waals surface area contributed by atoms with Crippen molar-refractivity contribution in [2.24, 2.45) is 0 Å². The summed E-state index contributed by atoms with van der Waals surface area (Å²) in [6, 6.07) is 8.11. The summed E-state index contributed by atoms with van der Waals surface area (Å²) < 4.78 is 5.10. The lowest BCUT2D eigenvalue weighted by molar-refractivity contribution is 0.248. The van der Waals surface area contributed by atoms with E-state index in [0.717, 1.165) is 38.5 Å². The molecule has 2 aromatic rings. The Labute approximate surface area is 107 Å². The monoisotopic (exact) mass is 243 g/mol. The van der Waals surface area contributed by atoms with Crippen LogP contribution in [0.3, 0.4) is 0 Å². The smallest absolute Gasteiger partial charge is 0.128 e. The maximum Gasteiger partial charge on any atom is 0.128 e. The van der Waals surface area contributed by atoms with E-state index in [9.17, 15) is 0 Å². The minimum atomic E-state index is 0.979. The fraction of sp³-hybridized carbons (Fsp3) is 0.357. The first kappa shape index (κ1) is 11.3. The van der Waals surface area contributed by atoms with Gasteiger partial charge in [0.05, 0.1) is 12.5 Å². The van der Waals surface area contributed by atoms with E-state index in [4.69, 9.17) is 4.42 Å². The molecular formula is C14H17N3O. The van der Waals surface area contributed by atoms with Crippen LogP contribution in [-0.2, 0) is 6.54 Å². The summed E-state index contributed by atoms with van der Waals surface area (Å²) in [5.41, 5.74) is 1.25. The molecule has 2 aromatic heterocycles. The average Bonchev–Trinajstić information content (AvgIpc) is 2.94. The molecule has 1 fully saturated rings. The Bertz CT molecular complexity index is 461. The van der Waals surface area contributed by atoms with Crippen LogP contribution in [0.25, 0.3) is 0 Å². The predicted octanol–water partition coefficient (Wildman–Crippen LogP) is 2.00. The van der Waals surface area contributed by atoms with Crippen molar-refractivity contribution in [3.05, 3.63) is 48.6 Å². The molecule has 0 aromatic carbocycles. The van der Waals surface area contributed by atoms with Crippen molar-refractivity contribution in [1.29, 1.82) is 0 Å². The Morgan fingerprint density at radius 1 is 1.11 bits per heavy atom. The highest BCUT2D eigenvalue weighted by molar-refractivity contribution is 5.38. The summed E-state index contributed by atoms with van der Waals surface area (Å²) in [7, 11) is 0. The molecule has 18 heavy (non-hydrogen) atoms. The lowest BCUT2D eigenvalue weighted by Crippen LogP contribution is -2.46. The molecule has 3 heterocycles. The molecule has 1 aliphatic rings. The number of hydrogen-bond donors (Lipinski definition) is 0. The molecule has 1 aliphatic heterocycles. The summed E-state index contributed by atoms with van der Waals surface area (Å²) in [4.78, 5) is 9.18. The number of furan rings is 1. The number of pyridine rings is 1. The van der Waals surface area contributed by atoms with Crippen molar-refractivity contribution in [3.8, 4) is 0 Å². The minimum Gasteiger partial charge on any atom is -0.472 e. The topological polar surface area (TPSA) is 32.5 Å². The Morgan fingerprint density at radius 3 is 2.67 bits per heavy atom. The van der Waals surface area contributed by atoms with Crippen LogP contribution in [0.5, 0.6) is 0 Å². The van der Waals surface area contributed by atoms with Crippen LogP contribution in [0.4, 0.5) is 5.82 Å². The van der Waals surface area contributed by atoms with Crippen LogP contribution in [0, 0.1) is 0 Å². The van der Waals surface area contributed by atoms with Gasteiger partial charge in [-0.2, -0.15) is 0 Å². The molecule has 4 nitrogen and oxygen atoms in total. The molecule has 0 N–H and O–H groups in total. The maximum absolute atomic E-state index is 5.10. The molecule has 0 atom stereocenters. The highest BCUT2D eigenvalue weighted by Crippen LogP contribution is 2.14. The third-order valence-corrected chi connectivity index (χ3v) is 3.33. The number of nitrogens with zero attached hydrogens (tertiary/aromatic N) is 3. The van der Waals surface area contributed by atoms with Crippen molar-refractivity contribution < 1.29 is 4.42 Å². The molecule has 0 bridgehead atoms. The lowest BCUT2D eigenvalue weighted by Gasteiger charge is -2.35. The van der Waals surface area contributed by atoms with E-state index in [1.54, 1.807) is 6.26 Å². The van der Waals surface area contributed by atoms with Gasteiger partial charge in [0, 0.05) is 44.5 Å². The van der Waals surface area contributed by atoms with E-state index < -0.39 is 0 Å². The van der Waals surface area contributed by atoms with Crippen LogP contribution in [0.1, 0.15) is 5.56 Å². The molecule has 0 aliphatic carbocycles. The van der Waals surface area contributed by atoms with E-state index in [-0.39, 0.29) is 0 Å². The third-order valence-electron chi connectivity index (χ3n) is 3.33. The summed E-state index contributed by atoms with van der Waals surface area (Å²) in [6.07, 6.45) is 5.41. The molecular weight excluding hydrogens is 226 g/mol. The van der Waals surface area contributed by atoms with Gasteiger partial charge in [0.1, 0.15) is 5.82 Å². The van der Waals surface area contributed by atoms with Crippen LogP contribution < -0.4 is 4.90 Å². The van der Waals surface area contributed by atoms with Gasteiger partial charge in [-0.15, -0.1) is 0 Å². The number of aromatic nitrogens is 1. The third kappa shape index (κ3) is 2.54. The van der Waals surface area contributed by atoms with E-state index in [0.29, 0.717) is 0 Å². The lowest BCUT2D eigenvalue weighted by atomic mass is 10.2. The Morgan fingerprint density at radius 2 is 2.00 bits per heavy atom. The minimum absolute atomic E-state index is 0.979. The molecule has 4 heteroatoms. The van der Waals surface area contributed by atoms with Crippen LogP contribution in [0.2, 0.25) is 0 Å². The van der Waals surface area contributed by atoms with Crippen LogP contribution in [-0.4, -0.2) is 36.1 Å². The van der Waals surface area contributed by atoms with E-state index in [2.05, 4.69) is 20.9 Å². The highest BCUT2D eigenvalue weighted by atomic mass is 16.3. The number of hydrogen-bond acceptors (Lipinski definition) is 4. The summed E-state index contributed by atoms with van der Waals surface area (Å²) in [6.45, 7) is 5.19. The molecule has 1 saturated heterocycles. The standard InChI is InChI=1S/C14H17N3O/c1-2-5-15-14(3-1)17-8-6-16(7-9-17)11-13-4-10-18-12-13/h1-5,10,12H,6-9,11H2. The fourth-order valence-corrected chi connectivity index (χ4v) is 2.32. The predicted molar refractivity (Wildman–Crippen MR) is 70.4 cm³/mol. The van der Waals surface area contributed by atoms with Crippen molar-refractivity contribution in [2.45, 2.75) is 6.54 Å². The van der Waals surface area contributed by atoms with Gasteiger partial charge in [-0.05, 0) is 18.2 Å². The molecule has 3 rings (SSSR count). The second-order valence-corrected chi connectivity index (χ2v) is 4.58. The largest absolute Gasteiger partial charge is 0.472 e. The fourth-order valence-electron chi connectivity index (χ4n) is 2.32. The Hall–Kier alpha value is -1.81. The van der Waals surface area contributed by atoms with Crippen molar-refractivity contribution >= 4 is 5.82 Å². The van der Waals surface area contributed by atoms with Crippen LogP contribution >= 0.6 is 0 Å². The van der Waals surface area contributed by atoms with Gasteiger partial charge in [-0.25, -0.2) is 4.98 Å².